The Labute approximate surface area is 151 Å². The summed E-state index contributed by atoms with van der Waals surface area (Å²) in [6, 6.07) is 2.01. The second-order valence-electron chi connectivity index (χ2n) is 6.17. The van der Waals surface area contributed by atoms with Crippen molar-refractivity contribution in [1.29, 1.82) is 0 Å². The van der Waals surface area contributed by atoms with Crippen LogP contribution in [0.3, 0.4) is 0 Å². The third-order valence-electron chi connectivity index (χ3n) is 3.99. The molecule has 0 bridgehead atoms. The molecule has 0 aliphatic carbocycles. The highest BCUT2D eigenvalue weighted by Crippen LogP contribution is 2.17. The van der Waals surface area contributed by atoms with Gasteiger partial charge in [-0.1, -0.05) is 5.16 Å². The Bertz CT molecular complexity index is 901. The summed E-state index contributed by atoms with van der Waals surface area (Å²) in [4.78, 5) is 27.4. The number of hydrogen-bond donors (Lipinski definition) is 0. The van der Waals surface area contributed by atoms with E-state index in [9.17, 15) is 4.79 Å². The van der Waals surface area contributed by atoms with Crippen LogP contribution in [0.5, 0.6) is 0 Å². The molecule has 0 radical (unpaired) electrons. The van der Waals surface area contributed by atoms with Crippen molar-refractivity contribution in [3.63, 3.8) is 0 Å². The number of hydrogen-bond acceptors (Lipinski definition) is 7. The van der Waals surface area contributed by atoms with Gasteiger partial charge in [0.15, 0.2) is 11.5 Å². The molecule has 3 aromatic rings. The standard InChI is InChI=1S/C17H22N6O3/c1-5-22(8-15-20-14(9-25-4)21-26-15)17(24)12-6-13-16(18-7-12)23(10-19-13)11(2)3/h6-7,10-11H,5,8-9H2,1-4H3. The maximum absolute atomic E-state index is 12.8. The van der Waals surface area contributed by atoms with Gasteiger partial charge in [-0.15, -0.1) is 0 Å². The molecule has 0 aliphatic rings. The molecule has 0 N–H and O–H groups in total. The molecular formula is C17H22N6O3. The van der Waals surface area contributed by atoms with E-state index in [1.54, 1.807) is 30.6 Å². The zero-order chi connectivity index (χ0) is 18.7. The summed E-state index contributed by atoms with van der Waals surface area (Å²) in [5.74, 6) is 0.658. The quantitative estimate of drug-likeness (QED) is 0.638. The molecule has 3 rings (SSSR count). The van der Waals surface area contributed by atoms with Gasteiger partial charge >= 0.3 is 0 Å². The lowest BCUT2D eigenvalue weighted by molar-refractivity contribution is 0.0734. The average molecular weight is 358 g/mol. The van der Waals surface area contributed by atoms with Crippen LogP contribution in [0.2, 0.25) is 0 Å². The monoisotopic (exact) mass is 358 g/mol. The Hall–Kier alpha value is -2.81. The summed E-state index contributed by atoms with van der Waals surface area (Å²) < 4.78 is 12.1. The van der Waals surface area contributed by atoms with Gasteiger partial charge in [0.05, 0.1) is 11.9 Å². The molecule has 138 valence electrons. The molecule has 9 nitrogen and oxygen atoms in total. The van der Waals surface area contributed by atoms with Gasteiger partial charge in [0, 0.05) is 25.9 Å². The van der Waals surface area contributed by atoms with Crippen LogP contribution < -0.4 is 0 Å². The number of carbonyl (C=O) groups excluding carboxylic acids is 1. The molecule has 3 heterocycles. The van der Waals surface area contributed by atoms with Gasteiger partial charge in [-0.05, 0) is 26.8 Å². The van der Waals surface area contributed by atoms with Crippen LogP contribution in [0.1, 0.15) is 48.9 Å². The van der Waals surface area contributed by atoms with Crippen molar-refractivity contribution in [3.8, 4) is 0 Å². The van der Waals surface area contributed by atoms with Crippen LogP contribution >= 0.6 is 0 Å². The normalized spacial score (nSPS) is 11.4. The maximum atomic E-state index is 12.8. The van der Waals surface area contributed by atoms with Gasteiger partial charge in [-0.25, -0.2) is 9.97 Å². The Kier molecular flexibility index (Phi) is 5.27. The minimum absolute atomic E-state index is 0.160. The first-order valence-electron chi connectivity index (χ1n) is 8.45. The second-order valence-corrected chi connectivity index (χ2v) is 6.17. The molecule has 0 atom stereocenters. The van der Waals surface area contributed by atoms with Crippen LogP contribution in [0.15, 0.2) is 23.1 Å². The highest BCUT2D eigenvalue weighted by atomic mass is 16.5. The van der Waals surface area contributed by atoms with Gasteiger partial charge in [0.25, 0.3) is 5.91 Å². The number of methoxy groups -OCH3 is 1. The van der Waals surface area contributed by atoms with Gasteiger partial charge in [-0.3, -0.25) is 4.79 Å². The van der Waals surface area contributed by atoms with Crippen molar-refractivity contribution in [3.05, 3.63) is 35.9 Å². The first kappa shape index (κ1) is 18.0. The number of carbonyl (C=O) groups is 1. The smallest absolute Gasteiger partial charge is 0.255 e. The van der Waals surface area contributed by atoms with E-state index < -0.39 is 0 Å². The highest BCUT2D eigenvalue weighted by Gasteiger charge is 2.19. The topological polar surface area (TPSA) is 99.2 Å². The van der Waals surface area contributed by atoms with Crippen molar-refractivity contribution in [2.45, 2.75) is 40.0 Å². The van der Waals surface area contributed by atoms with Crippen molar-refractivity contribution in [1.82, 2.24) is 29.6 Å². The molecule has 0 fully saturated rings. The van der Waals surface area contributed by atoms with E-state index in [1.165, 1.54) is 0 Å². The average Bonchev–Trinajstić information content (AvgIpc) is 3.25. The second kappa shape index (κ2) is 7.61. The van der Waals surface area contributed by atoms with Crippen LogP contribution in [-0.4, -0.2) is 49.1 Å². The number of pyridine rings is 1. The summed E-state index contributed by atoms with van der Waals surface area (Å²) >= 11 is 0. The molecule has 1 amide bonds. The zero-order valence-electron chi connectivity index (χ0n) is 15.3. The number of nitrogens with zero attached hydrogens (tertiary/aromatic N) is 6. The Morgan fingerprint density at radius 2 is 2.19 bits per heavy atom. The summed E-state index contributed by atoms with van der Waals surface area (Å²) in [6.07, 6.45) is 3.32. The molecule has 0 saturated heterocycles. The van der Waals surface area contributed by atoms with Crippen LogP contribution in [0.4, 0.5) is 0 Å². The third kappa shape index (κ3) is 3.57. The third-order valence-corrected chi connectivity index (χ3v) is 3.99. The van der Waals surface area contributed by atoms with Crippen molar-refractivity contribution in [2.24, 2.45) is 0 Å². The zero-order valence-corrected chi connectivity index (χ0v) is 15.3. The largest absolute Gasteiger partial charge is 0.377 e. The molecule has 0 aromatic carbocycles. The molecule has 26 heavy (non-hydrogen) atoms. The molecule has 0 aliphatic heterocycles. The Morgan fingerprint density at radius 3 is 2.88 bits per heavy atom. The summed E-state index contributed by atoms with van der Waals surface area (Å²) in [5, 5.41) is 3.81. The van der Waals surface area contributed by atoms with Crippen LogP contribution in [0, 0.1) is 0 Å². The number of rotatable bonds is 7. The summed E-state index contributed by atoms with van der Waals surface area (Å²) in [6.45, 7) is 7.00. The van der Waals surface area contributed by atoms with Crippen LogP contribution in [-0.2, 0) is 17.9 Å². The number of fused-ring (bicyclic) bond motifs is 1. The number of aromatic nitrogens is 5. The van der Waals surface area contributed by atoms with Crippen molar-refractivity contribution >= 4 is 17.1 Å². The molecule has 9 heteroatoms. The Morgan fingerprint density at radius 1 is 1.38 bits per heavy atom. The predicted octanol–water partition coefficient (Wildman–Crippen LogP) is 2.20. The highest BCUT2D eigenvalue weighted by molar-refractivity contribution is 5.96. The van der Waals surface area contributed by atoms with E-state index in [0.717, 1.165) is 5.65 Å². The van der Waals surface area contributed by atoms with E-state index in [4.69, 9.17) is 9.26 Å². The lowest BCUT2D eigenvalue weighted by atomic mass is 10.2. The number of amides is 1. The van der Waals surface area contributed by atoms with Gasteiger partial charge in [-0.2, -0.15) is 4.98 Å². The van der Waals surface area contributed by atoms with Crippen molar-refractivity contribution in [2.75, 3.05) is 13.7 Å². The summed E-state index contributed by atoms with van der Waals surface area (Å²) in [7, 11) is 1.56. The fraction of sp³-hybridized carbons (Fsp3) is 0.471. The Balaban J connectivity index is 1.80. The molecular weight excluding hydrogens is 336 g/mol. The first-order valence-corrected chi connectivity index (χ1v) is 8.45. The molecule has 3 aromatic heterocycles. The molecule has 0 spiro atoms. The molecule has 0 unspecified atom stereocenters. The maximum Gasteiger partial charge on any atom is 0.255 e. The predicted molar refractivity (Wildman–Crippen MR) is 93.3 cm³/mol. The van der Waals surface area contributed by atoms with Crippen molar-refractivity contribution < 1.29 is 14.1 Å². The fourth-order valence-electron chi connectivity index (χ4n) is 2.63. The van der Waals surface area contributed by atoms with Gasteiger partial charge in [0.2, 0.25) is 5.89 Å². The minimum Gasteiger partial charge on any atom is -0.377 e. The number of ether oxygens (including phenoxy) is 1. The summed E-state index contributed by atoms with van der Waals surface area (Å²) in [5.41, 5.74) is 1.94. The SMILES string of the molecule is CCN(Cc1nc(COC)no1)C(=O)c1cnc2c(c1)ncn2C(C)C. The minimum atomic E-state index is -0.160. The van der Waals surface area contributed by atoms with E-state index in [2.05, 4.69) is 34.0 Å². The van der Waals surface area contributed by atoms with E-state index in [1.807, 2.05) is 11.5 Å². The lowest BCUT2D eigenvalue weighted by Gasteiger charge is -2.18. The first-order chi connectivity index (χ1) is 12.5. The lowest BCUT2D eigenvalue weighted by Crippen LogP contribution is -2.30. The van der Waals surface area contributed by atoms with E-state index in [-0.39, 0.29) is 25.1 Å². The van der Waals surface area contributed by atoms with E-state index >= 15 is 0 Å². The van der Waals surface area contributed by atoms with E-state index in [0.29, 0.717) is 29.3 Å². The number of imidazole rings is 1. The van der Waals surface area contributed by atoms with Crippen LogP contribution in [0.25, 0.3) is 11.2 Å². The fourth-order valence-corrected chi connectivity index (χ4v) is 2.63. The van der Waals surface area contributed by atoms with Gasteiger partial charge < -0.3 is 18.7 Å². The van der Waals surface area contributed by atoms with Gasteiger partial charge in [0.1, 0.15) is 18.7 Å². The molecule has 0 saturated carbocycles.